The number of nitriles is 1. The first-order valence-corrected chi connectivity index (χ1v) is 8.55. The summed E-state index contributed by atoms with van der Waals surface area (Å²) in [4.78, 5) is 13.4. The molecule has 0 aromatic heterocycles. The van der Waals surface area contributed by atoms with E-state index in [4.69, 9.17) is 16.9 Å². The van der Waals surface area contributed by atoms with Gasteiger partial charge in [0.05, 0.1) is 17.2 Å². The molecule has 2 amide bonds. The summed E-state index contributed by atoms with van der Waals surface area (Å²) in [5.74, 6) is 0. The maximum Gasteiger partial charge on any atom is 0.406 e. The van der Waals surface area contributed by atoms with E-state index in [0.717, 1.165) is 4.90 Å². The van der Waals surface area contributed by atoms with E-state index in [1.807, 2.05) is 6.07 Å². The van der Waals surface area contributed by atoms with Gasteiger partial charge in [-0.25, -0.2) is 4.79 Å². The van der Waals surface area contributed by atoms with Gasteiger partial charge >= 0.3 is 12.2 Å². The summed E-state index contributed by atoms with van der Waals surface area (Å²) in [5.41, 5.74) is 0.372. The number of hydrogen-bond donors (Lipinski definition) is 1. The lowest BCUT2D eigenvalue weighted by molar-refractivity contribution is -0.148. The predicted octanol–water partition coefficient (Wildman–Crippen LogP) is 5.28. The average Bonchev–Trinajstić information content (AvgIpc) is 2.62. The summed E-state index contributed by atoms with van der Waals surface area (Å²) in [6.07, 6.45) is -4.39. The Morgan fingerprint density at radius 3 is 2.44 bits per heavy atom. The van der Waals surface area contributed by atoms with Crippen LogP contribution in [-0.2, 0) is 5.54 Å². The Hall–Kier alpha value is -2.72. The summed E-state index contributed by atoms with van der Waals surface area (Å²) >= 11 is 6.12. The molecule has 1 aliphatic rings. The van der Waals surface area contributed by atoms with E-state index in [9.17, 15) is 18.0 Å². The third kappa shape index (κ3) is 3.33. The monoisotopic (exact) mass is 393 g/mol. The van der Waals surface area contributed by atoms with Crippen LogP contribution >= 0.6 is 11.6 Å². The van der Waals surface area contributed by atoms with E-state index in [-0.39, 0.29) is 6.42 Å². The predicted molar refractivity (Wildman–Crippen MR) is 95.5 cm³/mol. The Balaban J connectivity index is 2.30. The highest BCUT2D eigenvalue weighted by atomic mass is 35.5. The van der Waals surface area contributed by atoms with Crippen LogP contribution in [0, 0.1) is 11.3 Å². The second-order valence-corrected chi connectivity index (χ2v) is 6.66. The molecule has 140 valence electrons. The molecule has 4 nitrogen and oxygen atoms in total. The highest BCUT2D eigenvalue weighted by Crippen LogP contribution is 2.47. The van der Waals surface area contributed by atoms with Crippen LogP contribution in [0.15, 0.2) is 42.5 Å². The Bertz CT molecular complexity index is 921. The quantitative estimate of drug-likeness (QED) is 0.771. The number of alkyl halides is 3. The van der Waals surface area contributed by atoms with Crippen LogP contribution in [-0.4, -0.2) is 23.7 Å². The number of anilines is 1. The lowest BCUT2D eigenvalue weighted by atomic mass is 9.76. The average molecular weight is 394 g/mol. The van der Waals surface area contributed by atoms with Gasteiger partial charge < -0.3 is 10.2 Å². The smallest absolute Gasteiger partial charge is 0.307 e. The van der Waals surface area contributed by atoms with E-state index in [1.165, 1.54) is 12.1 Å². The Kier molecular flexibility index (Phi) is 4.79. The molecule has 27 heavy (non-hydrogen) atoms. The number of rotatable bonds is 3. The third-order valence-electron chi connectivity index (χ3n) is 4.72. The van der Waals surface area contributed by atoms with Crippen molar-refractivity contribution in [3.05, 3.63) is 64.2 Å². The lowest BCUT2D eigenvalue weighted by Gasteiger charge is -2.48. The molecule has 1 atom stereocenters. The van der Waals surface area contributed by atoms with Crippen LogP contribution in [0.3, 0.4) is 0 Å². The molecule has 3 rings (SSSR count). The van der Waals surface area contributed by atoms with E-state index in [0.29, 0.717) is 27.4 Å². The number of benzene rings is 2. The molecule has 1 unspecified atom stereocenters. The maximum atomic E-state index is 13.3. The highest BCUT2D eigenvalue weighted by Gasteiger charge is 2.50. The summed E-state index contributed by atoms with van der Waals surface area (Å²) < 4.78 is 39.9. The minimum absolute atomic E-state index is 0.190. The molecule has 8 heteroatoms. The molecular weight excluding hydrogens is 379 g/mol. The fourth-order valence-corrected chi connectivity index (χ4v) is 3.74. The molecule has 1 aliphatic heterocycles. The molecule has 0 spiro atoms. The highest BCUT2D eigenvalue weighted by molar-refractivity contribution is 6.30. The van der Waals surface area contributed by atoms with Crippen molar-refractivity contribution in [1.29, 1.82) is 5.26 Å². The van der Waals surface area contributed by atoms with Crippen molar-refractivity contribution in [2.24, 2.45) is 0 Å². The topological polar surface area (TPSA) is 56.1 Å². The molecule has 0 aliphatic carbocycles. The summed E-state index contributed by atoms with van der Waals surface area (Å²) in [6, 6.07) is 12.1. The second kappa shape index (κ2) is 6.78. The van der Waals surface area contributed by atoms with Gasteiger partial charge in [-0.05, 0) is 42.3 Å². The van der Waals surface area contributed by atoms with Gasteiger partial charge in [-0.15, -0.1) is 0 Å². The van der Waals surface area contributed by atoms with Crippen molar-refractivity contribution >= 4 is 23.3 Å². The number of urea groups is 1. The van der Waals surface area contributed by atoms with Gasteiger partial charge in [0, 0.05) is 16.3 Å². The van der Waals surface area contributed by atoms with Crippen LogP contribution in [0.25, 0.3) is 0 Å². The molecule has 0 saturated heterocycles. The first-order chi connectivity index (χ1) is 12.7. The molecule has 1 N–H and O–H groups in total. The molecule has 0 saturated carbocycles. The van der Waals surface area contributed by atoms with Crippen molar-refractivity contribution in [1.82, 2.24) is 4.90 Å². The van der Waals surface area contributed by atoms with Crippen molar-refractivity contribution in [2.45, 2.75) is 25.1 Å². The van der Waals surface area contributed by atoms with Gasteiger partial charge in [0.25, 0.3) is 0 Å². The second-order valence-electron chi connectivity index (χ2n) is 6.22. The van der Waals surface area contributed by atoms with Crippen LogP contribution in [0.2, 0.25) is 5.02 Å². The minimum atomic E-state index is -4.58. The number of carbonyl (C=O) groups is 1. The van der Waals surface area contributed by atoms with E-state index < -0.39 is 24.3 Å². The maximum absolute atomic E-state index is 13.3. The lowest BCUT2D eigenvalue weighted by Crippen LogP contribution is -2.57. The standard InChI is InChI=1S/C19H15ClF3N3O/c1-2-18(13-5-3-12(10-24)4-6-13)15-9-14(20)7-8-16(15)25-17(27)26(18)11-19(21,22)23/h3-9H,2,11H2,1H3,(H,25,27). The van der Waals surface area contributed by atoms with Gasteiger partial charge in [-0.1, -0.05) is 30.7 Å². The van der Waals surface area contributed by atoms with Crippen molar-refractivity contribution in [3.8, 4) is 6.07 Å². The number of nitrogens with one attached hydrogen (secondary N) is 1. The number of nitrogens with zero attached hydrogens (tertiary/aromatic N) is 2. The van der Waals surface area contributed by atoms with Crippen molar-refractivity contribution < 1.29 is 18.0 Å². The van der Waals surface area contributed by atoms with Crippen molar-refractivity contribution in [3.63, 3.8) is 0 Å². The first kappa shape index (κ1) is 19.1. The molecule has 2 aromatic carbocycles. The molecule has 1 heterocycles. The zero-order valence-corrected chi connectivity index (χ0v) is 15.0. The van der Waals surface area contributed by atoms with Crippen LogP contribution in [0.1, 0.15) is 30.0 Å². The molecule has 0 fully saturated rings. The Morgan fingerprint density at radius 2 is 1.89 bits per heavy atom. The molecule has 0 radical (unpaired) electrons. The number of amides is 2. The van der Waals surface area contributed by atoms with E-state index in [1.54, 1.807) is 37.3 Å². The van der Waals surface area contributed by atoms with Gasteiger partial charge in [-0.3, -0.25) is 0 Å². The number of carbonyl (C=O) groups excluding carboxylic acids is 1. The Morgan fingerprint density at radius 1 is 1.22 bits per heavy atom. The normalized spacial score (nSPS) is 19.3. The van der Waals surface area contributed by atoms with Gasteiger partial charge in [0.2, 0.25) is 0 Å². The first-order valence-electron chi connectivity index (χ1n) is 8.17. The van der Waals surface area contributed by atoms with Gasteiger partial charge in [0.1, 0.15) is 6.54 Å². The summed E-state index contributed by atoms with van der Waals surface area (Å²) in [5, 5.41) is 11.9. The van der Waals surface area contributed by atoms with E-state index >= 15 is 0 Å². The summed E-state index contributed by atoms with van der Waals surface area (Å²) in [6.45, 7) is 0.295. The van der Waals surface area contributed by atoms with Gasteiger partial charge in [-0.2, -0.15) is 18.4 Å². The zero-order chi connectivity index (χ0) is 19.8. The Labute approximate surface area is 159 Å². The number of fused-ring (bicyclic) bond motifs is 1. The summed E-state index contributed by atoms with van der Waals surface area (Å²) in [7, 11) is 0. The van der Waals surface area contributed by atoms with Crippen LogP contribution < -0.4 is 5.32 Å². The third-order valence-corrected chi connectivity index (χ3v) is 4.95. The molecular formula is C19H15ClF3N3O. The minimum Gasteiger partial charge on any atom is -0.307 e. The zero-order valence-electron chi connectivity index (χ0n) is 14.3. The molecule has 0 bridgehead atoms. The van der Waals surface area contributed by atoms with E-state index in [2.05, 4.69) is 5.32 Å². The largest absolute Gasteiger partial charge is 0.406 e. The van der Waals surface area contributed by atoms with Crippen LogP contribution in [0.5, 0.6) is 0 Å². The molecule has 2 aromatic rings. The SMILES string of the molecule is CCC1(c2ccc(C#N)cc2)c2cc(Cl)ccc2NC(=O)N1CC(F)(F)F. The van der Waals surface area contributed by atoms with Gasteiger partial charge in [0.15, 0.2) is 0 Å². The fraction of sp³-hybridized carbons (Fsp3) is 0.263. The fourth-order valence-electron chi connectivity index (χ4n) is 3.57. The van der Waals surface area contributed by atoms with Crippen molar-refractivity contribution in [2.75, 3.05) is 11.9 Å². The number of hydrogen-bond acceptors (Lipinski definition) is 2. The van der Waals surface area contributed by atoms with Crippen LogP contribution in [0.4, 0.5) is 23.7 Å². The number of halogens is 4.